The van der Waals surface area contributed by atoms with Crippen LogP contribution in [0.1, 0.15) is 57.9 Å². The monoisotopic (exact) mass is 290 g/mol. The number of benzene rings is 1. The average molecular weight is 290 g/mol. The normalized spacial score (nSPS) is 10.6. The van der Waals surface area contributed by atoms with E-state index in [1.54, 1.807) is 0 Å². The van der Waals surface area contributed by atoms with Crippen molar-refractivity contribution in [2.75, 3.05) is 18.8 Å². The lowest BCUT2D eigenvalue weighted by molar-refractivity contribution is -0.131. The van der Waals surface area contributed by atoms with E-state index < -0.39 is 0 Å². The molecule has 0 saturated heterocycles. The van der Waals surface area contributed by atoms with E-state index in [0.717, 1.165) is 50.0 Å². The molecule has 0 aliphatic carbocycles. The van der Waals surface area contributed by atoms with Gasteiger partial charge in [0.2, 0.25) is 5.91 Å². The molecule has 1 rings (SSSR count). The smallest absolute Gasteiger partial charge is 0.222 e. The van der Waals surface area contributed by atoms with E-state index in [0.29, 0.717) is 6.42 Å². The Morgan fingerprint density at radius 1 is 1.10 bits per heavy atom. The zero-order chi connectivity index (χ0) is 15.5. The Kier molecular flexibility index (Phi) is 8.56. The lowest BCUT2D eigenvalue weighted by Crippen LogP contribution is -2.33. The number of carbonyl (C=O) groups excluding carboxylic acids is 1. The summed E-state index contributed by atoms with van der Waals surface area (Å²) >= 11 is 0. The van der Waals surface area contributed by atoms with Crippen molar-refractivity contribution in [2.24, 2.45) is 0 Å². The first-order chi connectivity index (χ1) is 10.2. The standard InChI is InChI=1S/C18H30N2O/c1-3-5-7-14-20(13-6-4-2)18(21)12-11-16-9-8-10-17(19)15-16/h8-10,15H,3-7,11-14,19H2,1-2H3. The second-order valence-corrected chi connectivity index (χ2v) is 5.69. The molecule has 0 aliphatic heterocycles. The zero-order valence-corrected chi connectivity index (χ0v) is 13.6. The molecule has 0 heterocycles. The topological polar surface area (TPSA) is 46.3 Å². The third-order valence-electron chi connectivity index (χ3n) is 3.74. The van der Waals surface area contributed by atoms with Crippen LogP contribution in [0.4, 0.5) is 5.69 Å². The Labute approximate surface area is 129 Å². The summed E-state index contributed by atoms with van der Waals surface area (Å²) in [6, 6.07) is 7.83. The molecule has 0 aliphatic rings. The second-order valence-electron chi connectivity index (χ2n) is 5.69. The SMILES string of the molecule is CCCCCN(CCCC)C(=O)CCc1cccc(N)c1. The van der Waals surface area contributed by atoms with Gasteiger partial charge in [-0.1, -0.05) is 45.2 Å². The van der Waals surface area contributed by atoms with E-state index in [-0.39, 0.29) is 5.91 Å². The molecule has 0 radical (unpaired) electrons. The van der Waals surface area contributed by atoms with Crippen molar-refractivity contribution >= 4 is 11.6 Å². The van der Waals surface area contributed by atoms with Crippen molar-refractivity contribution in [1.29, 1.82) is 0 Å². The quantitative estimate of drug-likeness (QED) is 0.522. The molecule has 2 N–H and O–H groups in total. The third-order valence-corrected chi connectivity index (χ3v) is 3.74. The average Bonchev–Trinajstić information content (AvgIpc) is 2.48. The summed E-state index contributed by atoms with van der Waals surface area (Å²) in [5.74, 6) is 0.280. The number of nitrogen functional groups attached to an aromatic ring is 1. The van der Waals surface area contributed by atoms with Crippen molar-refractivity contribution in [3.05, 3.63) is 29.8 Å². The van der Waals surface area contributed by atoms with Gasteiger partial charge in [-0.05, 0) is 37.0 Å². The Morgan fingerprint density at radius 3 is 2.48 bits per heavy atom. The maximum absolute atomic E-state index is 12.4. The predicted molar refractivity (Wildman–Crippen MR) is 90.2 cm³/mol. The molecule has 0 saturated carbocycles. The summed E-state index contributed by atoms with van der Waals surface area (Å²) in [5.41, 5.74) is 7.69. The van der Waals surface area contributed by atoms with Crippen LogP contribution in [-0.4, -0.2) is 23.9 Å². The van der Waals surface area contributed by atoms with Crippen molar-refractivity contribution in [3.8, 4) is 0 Å². The second kappa shape index (κ2) is 10.3. The number of hydrogen-bond acceptors (Lipinski definition) is 2. The minimum atomic E-state index is 0.280. The molecule has 0 spiro atoms. The van der Waals surface area contributed by atoms with Gasteiger partial charge in [0, 0.05) is 25.2 Å². The third kappa shape index (κ3) is 7.16. The summed E-state index contributed by atoms with van der Waals surface area (Å²) in [7, 11) is 0. The highest BCUT2D eigenvalue weighted by Gasteiger charge is 2.12. The Hall–Kier alpha value is -1.51. The number of carbonyl (C=O) groups is 1. The lowest BCUT2D eigenvalue weighted by Gasteiger charge is -2.22. The molecule has 21 heavy (non-hydrogen) atoms. The van der Waals surface area contributed by atoms with Crippen LogP contribution >= 0.6 is 0 Å². The van der Waals surface area contributed by atoms with Crippen molar-refractivity contribution in [2.45, 2.75) is 58.8 Å². The summed E-state index contributed by atoms with van der Waals surface area (Å²) < 4.78 is 0. The first kappa shape index (κ1) is 17.5. The predicted octanol–water partition coefficient (Wildman–Crippen LogP) is 4.02. The molecule has 1 aromatic rings. The van der Waals surface area contributed by atoms with Gasteiger partial charge in [-0.2, -0.15) is 0 Å². The van der Waals surface area contributed by atoms with Crippen LogP contribution < -0.4 is 5.73 Å². The van der Waals surface area contributed by atoms with Gasteiger partial charge in [0.1, 0.15) is 0 Å². The number of hydrogen-bond donors (Lipinski definition) is 1. The van der Waals surface area contributed by atoms with Gasteiger partial charge in [-0.25, -0.2) is 0 Å². The molecule has 0 fully saturated rings. The number of amides is 1. The first-order valence-electron chi connectivity index (χ1n) is 8.29. The van der Waals surface area contributed by atoms with Gasteiger partial charge in [0.15, 0.2) is 0 Å². The molecule has 118 valence electrons. The summed E-state index contributed by atoms with van der Waals surface area (Å²) in [5, 5.41) is 0. The van der Waals surface area contributed by atoms with Crippen LogP contribution in [0.25, 0.3) is 0 Å². The molecule has 3 nitrogen and oxygen atoms in total. The van der Waals surface area contributed by atoms with Crippen molar-refractivity contribution in [1.82, 2.24) is 4.90 Å². The van der Waals surface area contributed by atoms with E-state index in [1.165, 1.54) is 12.8 Å². The fourth-order valence-electron chi connectivity index (χ4n) is 2.42. The van der Waals surface area contributed by atoms with E-state index in [2.05, 4.69) is 13.8 Å². The Bertz CT molecular complexity index is 417. The lowest BCUT2D eigenvalue weighted by atomic mass is 10.1. The van der Waals surface area contributed by atoms with E-state index >= 15 is 0 Å². The molecular formula is C18H30N2O. The van der Waals surface area contributed by atoms with Crippen LogP contribution in [0.5, 0.6) is 0 Å². The summed E-state index contributed by atoms with van der Waals surface area (Å²) in [4.78, 5) is 14.4. The minimum Gasteiger partial charge on any atom is -0.399 e. The summed E-state index contributed by atoms with van der Waals surface area (Å²) in [6.45, 7) is 6.17. The molecule has 1 aromatic carbocycles. The largest absolute Gasteiger partial charge is 0.399 e. The number of nitrogens with zero attached hydrogens (tertiary/aromatic N) is 1. The number of unbranched alkanes of at least 4 members (excludes halogenated alkanes) is 3. The van der Waals surface area contributed by atoms with Gasteiger partial charge in [0.05, 0.1) is 0 Å². The maximum atomic E-state index is 12.4. The zero-order valence-electron chi connectivity index (χ0n) is 13.6. The van der Waals surface area contributed by atoms with Crippen LogP contribution in [-0.2, 0) is 11.2 Å². The molecule has 1 amide bonds. The van der Waals surface area contributed by atoms with Gasteiger partial charge in [0.25, 0.3) is 0 Å². The highest BCUT2D eigenvalue weighted by atomic mass is 16.2. The van der Waals surface area contributed by atoms with Gasteiger partial charge < -0.3 is 10.6 Å². The number of rotatable bonds is 10. The fraction of sp³-hybridized carbons (Fsp3) is 0.611. The van der Waals surface area contributed by atoms with Crippen LogP contribution in [0, 0.1) is 0 Å². The minimum absolute atomic E-state index is 0.280. The van der Waals surface area contributed by atoms with Crippen LogP contribution in [0.3, 0.4) is 0 Å². The van der Waals surface area contributed by atoms with E-state index in [1.807, 2.05) is 29.2 Å². The van der Waals surface area contributed by atoms with E-state index in [4.69, 9.17) is 5.73 Å². The van der Waals surface area contributed by atoms with Gasteiger partial charge >= 0.3 is 0 Å². The Morgan fingerprint density at radius 2 is 1.81 bits per heavy atom. The number of nitrogens with two attached hydrogens (primary N) is 1. The van der Waals surface area contributed by atoms with Crippen LogP contribution in [0.2, 0.25) is 0 Å². The molecule has 0 aromatic heterocycles. The molecule has 0 bridgehead atoms. The molecular weight excluding hydrogens is 260 g/mol. The van der Waals surface area contributed by atoms with Crippen LogP contribution in [0.15, 0.2) is 24.3 Å². The van der Waals surface area contributed by atoms with Gasteiger partial charge in [-0.3, -0.25) is 4.79 Å². The highest BCUT2D eigenvalue weighted by molar-refractivity contribution is 5.76. The Balaban J connectivity index is 2.46. The van der Waals surface area contributed by atoms with E-state index in [9.17, 15) is 4.79 Å². The first-order valence-corrected chi connectivity index (χ1v) is 8.29. The number of anilines is 1. The molecule has 3 heteroatoms. The number of aryl methyl sites for hydroxylation is 1. The molecule has 0 unspecified atom stereocenters. The maximum Gasteiger partial charge on any atom is 0.222 e. The van der Waals surface area contributed by atoms with Crippen molar-refractivity contribution < 1.29 is 4.79 Å². The van der Waals surface area contributed by atoms with Gasteiger partial charge in [-0.15, -0.1) is 0 Å². The highest BCUT2D eigenvalue weighted by Crippen LogP contribution is 2.11. The molecule has 0 atom stereocenters. The summed E-state index contributed by atoms with van der Waals surface area (Å²) in [6.07, 6.45) is 7.09. The van der Waals surface area contributed by atoms with Crippen molar-refractivity contribution in [3.63, 3.8) is 0 Å². The fourth-order valence-corrected chi connectivity index (χ4v) is 2.42.